The molecule has 2 heterocycles. The number of hydrogen-bond acceptors (Lipinski definition) is 5. The first-order valence-corrected chi connectivity index (χ1v) is 9.24. The average molecular weight is 416 g/mol. The number of anilines is 1. The Bertz CT molecular complexity index is 859. The van der Waals surface area contributed by atoms with Crippen molar-refractivity contribution in [2.75, 3.05) is 38.0 Å². The van der Waals surface area contributed by atoms with Crippen LogP contribution >= 0.6 is 15.9 Å². The third kappa shape index (κ3) is 3.61. The van der Waals surface area contributed by atoms with Crippen molar-refractivity contribution in [1.82, 2.24) is 0 Å². The molecule has 5 nitrogen and oxygen atoms in total. The van der Waals surface area contributed by atoms with E-state index in [4.69, 9.17) is 14.2 Å². The highest BCUT2D eigenvalue weighted by atomic mass is 79.9. The maximum absolute atomic E-state index is 12.6. The number of benzene rings is 2. The molecule has 26 heavy (non-hydrogen) atoms. The zero-order valence-corrected chi connectivity index (χ0v) is 15.7. The van der Waals surface area contributed by atoms with E-state index < -0.39 is 0 Å². The largest absolute Gasteiger partial charge is 0.454 e. The van der Waals surface area contributed by atoms with Gasteiger partial charge in [-0.25, -0.2) is 0 Å². The molecule has 0 bridgehead atoms. The van der Waals surface area contributed by atoms with Crippen LogP contribution < -0.4 is 14.4 Å². The molecule has 0 aromatic heterocycles. The van der Waals surface area contributed by atoms with Crippen molar-refractivity contribution < 1.29 is 19.0 Å². The summed E-state index contributed by atoms with van der Waals surface area (Å²) in [6.45, 7) is 3.35. The third-order valence-corrected chi connectivity index (χ3v) is 5.10. The normalized spacial score (nSPS) is 16.3. The van der Waals surface area contributed by atoms with E-state index in [1.54, 1.807) is 12.2 Å². The summed E-state index contributed by atoms with van der Waals surface area (Å²) in [5.74, 6) is 1.36. The highest BCUT2D eigenvalue weighted by molar-refractivity contribution is 9.10. The van der Waals surface area contributed by atoms with Crippen LogP contribution in [0.4, 0.5) is 5.69 Å². The standard InChI is InChI=1S/C20H18BrNO4/c21-17-12-20-19(25-13-26-20)11-14(17)4-5-18(23)15-2-1-3-16(10-15)22-6-8-24-9-7-22/h1-5,10-12H,6-9,13H2/b5-4+. The number of fused-ring (bicyclic) bond motifs is 1. The number of halogens is 1. The number of hydrogen-bond donors (Lipinski definition) is 0. The van der Waals surface area contributed by atoms with Gasteiger partial charge in [-0.05, 0) is 42.0 Å². The van der Waals surface area contributed by atoms with Crippen molar-refractivity contribution >= 4 is 33.5 Å². The predicted molar refractivity (Wildman–Crippen MR) is 103 cm³/mol. The summed E-state index contributed by atoms with van der Waals surface area (Å²) in [5.41, 5.74) is 2.59. The van der Waals surface area contributed by atoms with Crippen molar-refractivity contribution in [3.05, 3.63) is 58.1 Å². The second-order valence-corrected chi connectivity index (χ2v) is 6.93. The van der Waals surface area contributed by atoms with Crippen molar-refractivity contribution in [2.24, 2.45) is 0 Å². The Morgan fingerprint density at radius 2 is 1.85 bits per heavy atom. The number of ether oxygens (including phenoxy) is 3. The van der Waals surface area contributed by atoms with Crippen LogP contribution in [-0.2, 0) is 4.74 Å². The summed E-state index contributed by atoms with van der Waals surface area (Å²) >= 11 is 3.50. The molecule has 4 rings (SSSR count). The monoisotopic (exact) mass is 415 g/mol. The molecule has 2 aliphatic heterocycles. The van der Waals surface area contributed by atoms with Gasteiger partial charge >= 0.3 is 0 Å². The number of nitrogens with zero attached hydrogens (tertiary/aromatic N) is 1. The quantitative estimate of drug-likeness (QED) is 0.559. The zero-order valence-electron chi connectivity index (χ0n) is 14.1. The fraction of sp³-hybridized carbons (Fsp3) is 0.250. The van der Waals surface area contributed by atoms with Gasteiger partial charge in [-0.1, -0.05) is 28.1 Å². The molecule has 0 saturated carbocycles. The molecule has 0 radical (unpaired) electrons. The molecule has 6 heteroatoms. The lowest BCUT2D eigenvalue weighted by Crippen LogP contribution is -2.36. The van der Waals surface area contributed by atoms with Crippen molar-refractivity contribution in [1.29, 1.82) is 0 Å². The van der Waals surface area contributed by atoms with Gasteiger partial charge in [-0.2, -0.15) is 0 Å². The molecular weight excluding hydrogens is 398 g/mol. The van der Waals surface area contributed by atoms with E-state index in [0.717, 1.165) is 42.0 Å². The van der Waals surface area contributed by atoms with Crippen LogP contribution in [0.15, 0.2) is 46.9 Å². The Morgan fingerprint density at radius 1 is 1.08 bits per heavy atom. The Kier molecular flexibility index (Phi) is 4.95. The smallest absolute Gasteiger partial charge is 0.231 e. The molecule has 0 spiro atoms. The van der Waals surface area contributed by atoms with Gasteiger partial charge in [0.2, 0.25) is 6.79 Å². The molecule has 0 atom stereocenters. The fourth-order valence-corrected chi connectivity index (χ4v) is 3.45. The lowest BCUT2D eigenvalue weighted by atomic mass is 10.1. The molecule has 0 N–H and O–H groups in total. The minimum atomic E-state index is -0.0373. The fourth-order valence-electron chi connectivity index (χ4n) is 3.00. The SMILES string of the molecule is O=C(/C=C/c1cc2c(cc1Br)OCO2)c1cccc(N2CCOCC2)c1. The van der Waals surface area contributed by atoms with Gasteiger partial charge in [0, 0.05) is 28.8 Å². The highest BCUT2D eigenvalue weighted by Gasteiger charge is 2.16. The summed E-state index contributed by atoms with van der Waals surface area (Å²) in [7, 11) is 0. The lowest BCUT2D eigenvalue weighted by Gasteiger charge is -2.29. The third-order valence-electron chi connectivity index (χ3n) is 4.41. The van der Waals surface area contributed by atoms with E-state index in [1.807, 2.05) is 36.4 Å². The first-order chi connectivity index (χ1) is 12.7. The van der Waals surface area contributed by atoms with Gasteiger partial charge in [0.05, 0.1) is 13.2 Å². The van der Waals surface area contributed by atoms with Crippen LogP contribution in [0.3, 0.4) is 0 Å². The number of carbonyl (C=O) groups is 1. The van der Waals surface area contributed by atoms with Crippen molar-refractivity contribution in [3.63, 3.8) is 0 Å². The number of allylic oxidation sites excluding steroid dienone is 1. The van der Waals surface area contributed by atoms with Gasteiger partial charge in [-0.3, -0.25) is 4.79 Å². The molecular formula is C20H18BrNO4. The van der Waals surface area contributed by atoms with Crippen LogP contribution in [-0.4, -0.2) is 38.9 Å². The Hall–Kier alpha value is -2.31. The first kappa shape index (κ1) is 17.1. The molecule has 1 fully saturated rings. The molecule has 134 valence electrons. The second kappa shape index (κ2) is 7.51. The van der Waals surface area contributed by atoms with E-state index in [0.29, 0.717) is 17.1 Å². The highest BCUT2D eigenvalue weighted by Crippen LogP contribution is 2.37. The second-order valence-electron chi connectivity index (χ2n) is 6.07. The minimum Gasteiger partial charge on any atom is -0.454 e. The van der Waals surface area contributed by atoms with Crippen LogP contribution in [0.25, 0.3) is 6.08 Å². The van der Waals surface area contributed by atoms with Crippen LogP contribution in [0.2, 0.25) is 0 Å². The van der Waals surface area contributed by atoms with E-state index in [1.165, 1.54) is 0 Å². The number of rotatable bonds is 4. The van der Waals surface area contributed by atoms with Crippen LogP contribution in [0.1, 0.15) is 15.9 Å². The Morgan fingerprint density at radius 3 is 2.65 bits per heavy atom. The van der Waals surface area contributed by atoms with Gasteiger partial charge in [0.1, 0.15) is 0 Å². The maximum Gasteiger partial charge on any atom is 0.231 e. The molecule has 2 aromatic carbocycles. The number of carbonyl (C=O) groups excluding carboxylic acids is 1. The zero-order chi connectivity index (χ0) is 17.9. The van der Waals surface area contributed by atoms with Gasteiger partial charge in [-0.15, -0.1) is 0 Å². The molecule has 0 unspecified atom stereocenters. The van der Waals surface area contributed by atoms with Gasteiger partial charge in [0.25, 0.3) is 0 Å². The predicted octanol–water partition coefficient (Wildman–Crippen LogP) is 3.91. The van der Waals surface area contributed by atoms with E-state index in [-0.39, 0.29) is 12.6 Å². The van der Waals surface area contributed by atoms with E-state index in [9.17, 15) is 4.79 Å². The minimum absolute atomic E-state index is 0.0373. The van der Waals surface area contributed by atoms with E-state index >= 15 is 0 Å². The van der Waals surface area contributed by atoms with Crippen molar-refractivity contribution in [2.45, 2.75) is 0 Å². The maximum atomic E-state index is 12.6. The molecule has 2 aliphatic rings. The van der Waals surface area contributed by atoms with Crippen LogP contribution in [0, 0.1) is 0 Å². The van der Waals surface area contributed by atoms with Gasteiger partial charge in [0.15, 0.2) is 17.3 Å². The summed E-state index contributed by atoms with van der Waals surface area (Å²) in [5, 5.41) is 0. The molecule has 0 amide bonds. The Labute approximate surface area is 160 Å². The summed E-state index contributed by atoms with van der Waals surface area (Å²) in [6, 6.07) is 11.4. The van der Waals surface area contributed by atoms with E-state index in [2.05, 4.69) is 20.8 Å². The van der Waals surface area contributed by atoms with Gasteiger partial charge < -0.3 is 19.1 Å². The first-order valence-electron chi connectivity index (χ1n) is 8.45. The molecule has 0 aliphatic carbocycles. The number of ketones is 1. The number of morpholine rings is 1. The lowest BCUT2D eigenvalue weighted by molar-refractivity contribution is 0.104. The molecule has 1 saturated heterocycles. The average Bonchev–Trinajstić information content (AvgIpc) is 3.13. The summed E-state index contributed by atoms with van der Waals surface area (Å²) in [4.78, 5) is 14.8. The molecule has 2 aromatic rings. The summed E-state index contributed by atoms with van der Waals surface area (Å²) in [6.07, 6.45) is 3.37. The van der Waals surface area contributed by atoms with Crippen molar-refractivity contribution in [3.8, 4) is 11.5 Å². The van der Waals surface area contributed by atoms with Crippen LogP contribution in [0.5, 0.6) is 11.5 Å². The summed E-state index contributed by atoms with van der Waals surface area (Å²) < 4.78 is 17.0. The Balaban J connectivity index is 1.52. The topological polar surface area (TPSA) is 48.0 Å².